The molecule has 84 valence electrons. The average Bonchev–Trinajstić information content (AvgIpc) is 2.31. The lowest BCUT2D eigenvalue weighted by molar-refractivity contribution is 0.282. The monoisotopic (exact) mass is 206 g/mol. The van der Waals surface area contributed by atoms with Crippen LogP contribution in [0.1, 0.15) is 56.6 Å². The molecule has 0 amide bonds. The topological polar surface area (TPSA) is 20.2 Å². The highest BCUT2D eigenvalue weighted by Crippen LogP contribution is 2.25. The van der Waals surface area contributed by atoms with E-state index in [0.717, 1.165) is 5.56 Å². The summed E-state index contributed by atoms with van der Waals surface area (Å²) >= 11 is 0. The second kappa shape index (κ2) is 6.62. The minimum atomic E-state index is 0.145. The van der Waals surface area contributed by atoms with Crippen LogP contribution in [0, 0.1) is 0 Å². The fraction of sp³-hybridized carbons (Fsp3) is 0.571. The van der Waals surface area contributed by atoms with Crippen LogP contribution < -0.4 is 0 Å². The first-order chi connectivity index (χ1) is 7.31. The predicted molar refractivity (Wildman–Crippen MR) is 64.9 cm³/mol. The predicted octanol–water partition coefficient (Wildman–Crippen LogP) is 3.86. The molecule has 1 aromatic carbocycles. The van der Waals surface area contributed by atoms with E-state index < -0.39 is 0 Å². The SMILES string of the molecule is CCCCC(CC)c1ccc(CO)cc1. The number of unbranched alkanes of at least 4 members (excludes halogenated alkanes) is 1. The summed E-state index contributed by atoms with van der Waals surface area (Å²) in [6.45, 7) is 4.63. The van der Waals surface area contributed by atoms with E-state index in [1.54, 1.807) is 0 Å². The quantitative estimate of drug-likeness (QED) is 0.749. The van der Waals surface area contributed by atoms with Crippen molar-refractivity contribution >= 4 is 0 Å². The Morgan fingerprint density at radius 1 is 1.13 bits per heavy atom. The van der Waals surface area contributed by atoms with Crippen LogP contribution in [0.4, 0.5) is 0 Å². The summed E-state index contributed by atoms with van der Waals surface area (Å²) in [6, 6.07) is 8.39. The third-order valence-electron chi connectivity index (χ3n) is 3.03. The first-order valence-electron chi connectivity index (χ1n) is 6.01. The number of aliphatic hydroxyl groups excluding tert-OH is 1. The van der Waals surface area contributed by atoms with Gasteiger partial charge in [-0.2, -0.15) is 0 Å². The summed E-state index contributed by atoms with van der Waals surface area (Å²) in [5.41, 5.74) is 2.42. The Kier molecular flexibility index (Phi) is 5.41. The summed E-state index contributed by atoms with van der Waals surface area (Å²) in [4.78, 5) is 0. The maximum absolute atomic E-state index is 8.97. The van der Waals surface area contributed by atoms with Crippen molar-refractivity contribution in [3.05, 3.63) is 35.4 Å². The molecule has 0 heterocycles. The van der Waals surface area contributed by atoms with Crippen molar-refractivity contribution < 1.29 is 5.11 Å². The molecule has 1 unspecified atom stereocenters. The number of hydrogen-bond acceptors (Lipinski definition) is 1. The molecule has 0 radical (unpaired) electrons. The van der Waals surface area contributed by atoms with E-state index in [1.165, 1.54) is 31.2 Å². The zero-order valence-corrected chi connectivity index (χ0v) is 9.87. The van der Waals surface area contributed by atoms with Gasteiger partial charge in [0, 0.05) is 0 Å². The second-order valence-corrected chi connectivity index (χ2v) is 4.15. The zero-order valence-electron chi connectivity index (χ0n) is 9.87. The third-order valence-corrected chi connectivity index (χ3v) is 3.03. The van der Waals surface area contributed by atoms with Crippen LogP contribution in [0.3, 0.4) is 0 Å². The van der Waals surface area contributed by atoms with Gasteiger partial charge in [0.25, 0.3) is 0 Å². The lowest BCUT2D eigenvalue weighted by Crippen LogP contribution is -1.97. The van der Waals surface area contributed by atoms with E-state index in [0.29, 0.717) is 5.92 Å². The molecule has 1 N–H and O–H groups in total. The van der Waals surface area contributed by atoms with Crippen molar-refractivity contribution in [3.8, 4) is 0 Å². The van der Waals surface area contributed by atoms with Gasteiger partial charge in [-0.05, 0) is 29.9 Å². The maximum Gasteiger partial charge on any atom is 0.0681 e. The van der Waals surface area contributed by atoms with Crippen molar-refractivity contribution in [1.29, 1.82) is 0 Å². The van der Waals surface area contributed by atoms with E-state index >= 15 is 0 Å². The molecule has 1 atom stereocenters. The summed E-state index contributed by atoms with van der Waals surface area (Å²) in [6.07, 6.45) is 5.06. The van der Waals surface area contributed by atoms with Crippen molar-refractivity contribution in [2.24, 2.45) is 0 Å². The van der Waals surface area contributed by atoms with Gasteiger partial charge >= 0.3 is 0 Å². The van der Waals surface area contributed by atoms with Crippen LogP contribution in [0.15, 0.2) is 24.3 Å². The van der Waals surface area contributed by atoms with Gasteiger partial charge in [0.05, 0.1) is 6.61 Å². The van der Waals surface area contributed by atoms with Crippen LogP contribution in [0.5, 0.6) is 0 Å². The van der Waals surface area contributed by atoms with Gasteiger partial charge in [0.1, 0.15) is 0 Å². The van der Waals surface area contributed by atoms with Crippen LogP contribution in [-0.4, -0.2) is 5.11 Å². The zero-order chi connectivity index (χ0) is 11.1. The van der Waals surface area contributed by atoms with Gasteiger partial charge in [-0.1, -0.05) is 51.0 Å². The fourth-order valence-electron chi connectivity index (χ4n) is 1.95. The molecule has 0 fully saturated rings. The Hall–Kier alpha value is -0.820. The Balaban J connectivity index is 2.65. The third kappa shape index (κ3) is 3.67. The van der Waals surface area contributed by atoms with Crippen molar-refractivity contribution in [2.75, 3.05) is 0 Å². The van der Waals surface area contributed by atoms with E-state index in [-0.39, 0.29) is 6.61 Å². The largest absolute Gasteiger partial charge is 0.392 e. The van der Waals surface area contributed by atoms with Gasteiger partial charge in [-0.15, -0.1) is 0 Å². The molecule has 1 heteroatoms. The average molecular weight is 206 g/mol. The fourth-order valence-corrected chi connectivity index (χ4v) is 1.95. The second-order valence-electron chi connectivity index (χ2n) is 4.15. The Morgan fingerprint density at radius 2 is 1.80 bits per heavy atom. The van der Waals surface area contributed by atoms with E-state index in [9.17, 15) is 0 Å². The smallest absolute Gasteiger partial charge is 0.0681 e. The van der Waals surface area contributed by atoms with Crippen LogP contribution in [0.2, 0.25) is 0 Å². The molecule has 0 aliphatic rings. The molecule has 1 nitrogen and oxygen atoms in total. The lowest BCUT2D eigenvalue weighted by atomic mass is 9.91. The Morgan fingerprint density at radius 3 is 2.27 bits per heavy atom. The van der Waals surface area contributed by atoms with Crippen LogP contribution >= 0.6 is 0 Å². The molecule has 0 aliphatic carbocycles. The minimum Gasteiger partial charge on any atom is -0.392 e. The van der Waals surface area contributed by atoms with Crippen molar-refractivity contribution in [3.63, 3.8) is 0 Å². The van der Waals surface area contributed by atoms with E-state index in [2.05, 4.69) is 26.0 Å². The van der Waals surface area contributed by atoms with Gasteiger partial charge in [0.2, 0.25) is 0 Å². The molecule has 0 saturated heterocycles. The number of hydrogen-bond donors (Lipinski definition) is 1. The number of benzene rings is 1. The molecule has 15 heavy (non-hydrogen) atoms. The summed E-state index contributed by atoms with van der Waals surface area (Å²) in [7, 11) is 0. The van der Waals surface area contributed by atoms with Crippen LogP contribution in [0.25, 0.3) is 0 Å². The number of rotatable bonds is 6. The molecule has 0 saturated carbocycles. The van der Waals surface area contributed by atoms with Gasteiger partial charge < -0.3 is 5.11 Å². The molecule has 1 aromatic rings. The van der Waals surface area contributed by atoms with Crippen LogP contribution in [-0.2, 0) is 6.61 Å². The van der Waals surface area contributed by atoms with Gasteiger partial charge in [0.15, 0.2) is 0 Å². The van der Waals surface area contributed by atoms with Crippen molar-refractivity contribution in [1.82, 2.24) is 0 Å². The molecular formula is C14H22O. The first kappa shape index (κ1) is 12.3. The van der Waals surface area contributed by atoms with Gasteiger partial charge in [-0.25, -0.2) is 0 Å². The normalized spacial score (nSPS) is 12.7. The summed E-state index contributed by atoms with van der Waals surface area (Å²) in [5, 5.41) is 8.97. The molecule has 0 aliphatic heterocycles. The highest BCUT2D eigenvalue weighted by molar-refractivity contribution is 5.24. The molecular weight excluding hydrogens is 184 g/mol. The highest BCUT2D eigenvalue weighted by Gasteiger charge is 2.08. The first-order valence-corrected chi connectivity index (χ1v) is 6.01. The Labute approximate surface area is 93.1 Å². The Bertz CT molecular complexity index is 263. The minimum absolute atomic E-state index is 0.145. The highest BCUT2D eigenvalue weighted by atomic mass is 16.3. The lowest BCUT2D eigenvalue weighted by Gasteiger charge is -2.15. The molecule has 0 bridgehead atoms. The molecule has 0 spiro atoms. The summed E-state index contributed by atoms with van der Waals surface area (Å²) < 4.78 is 0. The molecule has 1 rings (SSSR count). The number of aliphatic hydroxyl groups is 1. The van der Waals surface area contributed by atoms with E-state index in [1.807, 2.05) is 12.1 Å². The van der Waals surface area contributed by atoms with Crippen molar-refractivity contribution in [2.45, 2.75) is 52.1 Å². The standard InChI is InChI=1S/C14H22O/c1-3-5-6-13(4-2)14-9-7-12(11-15)8-10-14/h7-10,13,15H,3-6,11H2,1-2H3. The van der Waals surface area contributed by atoms with Gasteiger partial charge in [-0.3, -0.25) is 0 Å². The molecule has 0 aromatic heterocycles. The summed E-state index contributed by atoms with van der Waals surface area (Å²) in [5.74, 6) is 0.692. The van der Waals surface area contributed by atoms with E-state index in [4.69, 9.17) is 5.11 Å². The maximum atomic E-state index is 8.97.